The minimum atomic E-state index is -0.893. The molecular formula is C22H29NO4. The summed E-state index contributed by atoms with van der Waals surface area (Å²) < 4.78 is 6.22. The third-order valence-electron chi connectivity index (χ3n) is 6.36. The largest absolute Gasteiger partial charge is 0.487 e. The van der Waals surface area contributed by atoms with Gasteiger partial charge in [0.25, 0.3) is 0 Å². The quantitative estimate of drug-likeness (QED) is 0.869. The molecule has 1 saturated heterocycles. The fourth-order valence-electron chi connectivity index (χ4n) is 5.13. The number of ether oxygens (including phenoxy) is 1. The van der Waals surface area contributed by atoms with Crippen molar-refractivity contribution < 1.29 is 19.4 Å². The van der Waals surface area contributed by atoms with Crippen LogP contribution in [0.5, 0.6) is 5.75 Å². The smallest absolute Gasteiger partial charge is 0.326 e. The summed E-state index contributed by atoms with van der Waals surface area (Å²) in [5.41, 5.74) is 1.87. The van der Waals surface area contributed by atoms with Gasteiger partial charge in [-0.15, -0.1) is 0 Å². The summed E-state index contributed by atoms with van der Waals surface area (Å²) in [6, 6.07) is 5.16. The molecule has 1 aromatic rings. The monoisotopic (exact) mass is 371 g/mol. The van der Waals surface area contributed by atoms with Gasteiger partial charge < -0.3 is 14.7 Å². The summed E-state index contributed by atoms with van der Waals surface area (Å²) >= 11 is 0. The van der Waals surface area contributed by atoms with E-state index in [1.807, 2.05) is 12.1 Å². The molecule has 1 saturated carbocycles. The number of benzene rings is 1. The standard InChI is InChI=1S/C22H29NO4/c1-22(2)13-15-9-6-10-16(19(15)27-22)17-11-12-18(21(25)26)23(17)20(24)14-7-4-3-5-8-14/h6,9-10,14,17-18H,3-5,7-8,11-13H2,1-2H3,(H,25,26). The van der Waals surface area contributed by atoms with Crippen molar-refractivity contribution in [3.63, 3.8) is 0 Å². The molecule has 0 radical (unpaired) electrons. The predicted octanol–water partition coefficient (Wildman–Crippen LogP) is 4.10. The maximum Gasteiger partial charge on any atom is 0.326 e. The van der Waals surface area contributed by atoms with Crippen molar-refractivity contribution >= 4 is 11.9 Å². The zero-order valence-corrected chi connectivity index (χ0v) is 16.2. The maximum atomic E-state index is 13.3. The summed E-state index contributed by atoms with van der Waals surface area (Å²) in [5.74, 6) is -0.0368. The number of carboxylic acids is 1. The van der Waals surface area contributed by atoms with Crippen LogP contribution >= 0.6 is 0 Å². The number of fused-ring (bicyclic) bond motifs is 1. The van der Waals surface area contributed by atoms with Gasteiger partial charge in [-0.2, -0.15) is 0 Å². The lowest BCUT2D eigenvalue weighted by atomic mass is 9.87. The number of rotatable bonds is 3. The van der Waals surface area contributed by atoms with Gasteiger partial charge in [-0.1, -0.05) is 37.5 Å². The molecule has 0 spiro atoms. The molecule has 27 heavy (non-hydrogen) atoms. The van der Waals surface area contributed by atoms with Crippen LogP contribution in [0.15, 0.2) is 18.2 Å². The highest BCUT2D eigenvalue weighted by molar-refractivity contribution is 5.86. The third kappa shape index (κ3) is 3.32. The molecule has 2 heterocycles. The summed E-state index contributed by atoms with van der Waals surface area (Å²) in [6.45, 7) is 4.13. The zero-order chi connectivity index (χ0) is 19.2. The SMILES string of the molecule is CC1(C)Cc2cccc(C3CCC(C(=O)O)N3C(=O)C3CCCCC3)c2O1. The highest BCUT2D eigenvalue weighted by atomic mass is 16.5. The van der Waals surface area contributed by atoms with Crippen LogP contribution in [0.3, 0.4) is 0 Å². The van der Waals surface area contributed by atoms with Crippen molar-refractivity contribution in [2.75, 3.05) is 0 Å². The lowest BCUT2D eigenvalue weighted by Gasteiger charge is -2.34. The Kier molecular flexibility index (Phi) is 4.65. The first-order chi connectivity index (χ1) is 12.9. The van der Waals surface area contributed by atoms with Crippen LogP contribution in [0.2, 0.25) is 0 Å². The van der Waals surface area contributed by atoms with Gasteiger partial charge in [-0.25, -0.2) is 4.79 Å². The summed E-state index contributed by atoms with van der Waals surface area (Å²) in [4.78, 5) is 26.9. The van der Waals surface area contributed by atoms with E-state index in [1.54, 1.807) is 4.90 Å². The van der Waals surface area contributed by atoms with Crippen LogP contribution < -0.4 is 4.74 Å². The van der Waals surface area contributed by atoms with Crippen molar-refractivity contribution in [2.24, 2.45) is 5.92 Å². The van der Waals surface area contributed by atoms with Crippen LogP contribution in [0.25, 0.3) is 0 Å². The van der Waals surface area contributed by atoms with E-state index in [-0.39, 0.29) is 23.5 Å². The fraction of sp³-hybridized carbons (Fsp3) is 0.636. The molecule has 2 fully saturated rings. The Hall–Kier alpha value is -2.04. The van der Waals surface area contributed by atoms with E-state index in [9.17, 15) is 14.7 Å². The van der Waals surface area contributed by atoms with Gasteiger partial charge in [0.1, 0.15) is 17.4 Å². The van der Waals surface area contributed by atoms with Crippen LogP contribution in [0.4, 0.5) is 0 Å². The van der Waals surface area contributed by atoms with Gasteiger partial charge in [0, 0.05) is 17.9 Å². The Balaban J connectivity index is 1.69. The molecule has 5 nitrogen and oxygen atoms in total. The second-order valence-corrected chi connectivity index (χ2v) is 8.90. The Morgan fingerprint density at radius 2 is 1.85 bits per heavy atom. The molecule has 1 aliphatic carbocycles. The van der Waals surface area contributed by atoms with E-state index >= 15 is 0 Å². The van der Waals surface area contributed by atoms with Gasteiger partial charge in [0.05, 0.1) is 6.04 Å². The number of para-hydroxylation sites is 1. The van der Waals surface area contributed by atoms with Crippen LogP contribution in [-0.2, 0) is 16.0 Å². The molecule has 2 unspecified atom stereocenters. The van der Waals surface area contributed by atoms with Gasteiger partial charge in [0.15, 0.2) is 0 Å². The molecular weight excluding hydrogens is 342 g/mol. The summed E-state index contributed by atoms with van der Waals surface area (Å²) in [7, 11) is 0. The average molecular weight is 371 g/mol. The maximum absolute atomic E-state index is 13.3. The second-order valence-electron chi connectivity index (χ2n) is 8.90. The average Bonchev–Trinajstić information content (AvgIpc) is 3.21. The van der Waals surface area contributed by atoms with E-state index in [4.69, 9.17) is 4.74 Å². The minimum Gasteiger partial charge on any atom is -0.487 e. The van der Waals surface area contributed by atoms with Crippen molar-refractivity contribution in [1.82, 2.24) is 4.90 Å². The first-order valence-electron chi connectivity index (χ1n) is 10.2. The lowest BCUT2D eigenvalue weighted by Crippen LogP contribution is -2.45. The molecule has 1 aromatic carbocycles. The number of aliphatic carboxylic acids is 1. The highest BCUT2D eigenvalue weighted by Crippen LogP contribution is 2.46. The van der Waals surface area contributed by atoms with E-state index in [1.165, 1.54) is 6.42 Å². The molecule has 2 aliphatic heterocycles. The molecule has 1 N–H and O–H groups in total. The number of likely N-dealkylation sites (tertiary alicyclic amines) is 1. The van der Waals surface area contributed by atoms with Crippen LogP contribution in [0, 0.1) is 5.92 Å². The minimum absolute atomic E-state index is 0.0273. The van der Waals surface area contributed by atoms with Crippen molar-refractivity contribution in [3.8, 4) is 5.75 Å². The summed E-state index contributed by atoms with van der Waals surface area (Å²) in [6.07, 6.45) is 7.07. The number of amides is 1. The summed E-state index contributed by atoms with van der Waals surface area (Å²) in [5, 5.41) is 9.75. The van der Waals surface area contributed by atoms with Gasteiger partial charge in [-0.05, 0) is 45.1 Å². The molecule has 0 bridgehead atoms. The van der Waals surface area contributed by atoms with Crippen molar-refractivity contribution in [3.05, 3.63) is 29.3 Å². The fourth-order valence-corrected chi connectivity index (χ4v) is 5.13. The number of carboxylic acid groups (broad SMARTS) is 1. The van der Waals surface area contributed by atoms with Gasteiger partial charge in [-0.3, -0.25) is 4.79 Å². The third-order valence-corrected chi connectivity index (χ3v) is 6.36. The Morgan fingerprint density at radius 3 is 2.56 bits per heavy atom. The predicted molar refractivity (Wildman–Crippen MR) is 102 cm³/mol. The molecule has 0 aromatic heterocycles. The first kappa shape index (κ1) is 18.3. The van der Waals surface area contributed by atoms with E-state index in [2.05, 4.69) is 19.9 Å². The number of carbonyl (C=O) groups excluding carboxylic acids is 1. The van der Waals surface area contributed by atoms with E-state index in [0.717, 1.165) is 49.0 Å². The highest BCUT2D eigenvalue weighted by Gasteiger charge is 2.45. The topological polar surface area (TPSA) is 66.8 Å². The van der Waals surface area contributed by atoms with Crippen molar-refractivity contribution in [1.29, 1.82) is 0 Å². The number of nitrogens with zero attached hydrogens (tertiary/aromatic N) is 1. The van der Waals surface area contributed by atoms with E-state index in [0.29, 0.717) is 12.8 Å². The zero-order valence-electron chi connectivity index (χ0n) is 16.2. The Morgan fingerprint density at radius 1 is 1.11 bits per heavy atom. The number of hydrogen-bond donors (Lipinski definition) is 1. The second kappa shape index (κ2) is 6.84. The normalized spacial score (nSPS) is 27.3. The Bertz CT molecular complexity index is 751. The van der Waals surface area contributed by atoms with Gasteiger partial charge in [0.2, 0.25) is 5.91 Å². The van der Waals surface area contributed by atoms with Crippen molar-refractivity contribution in [2.45, 2.75) is 82.9 Å². The molecule has 5 heteroatoms. The molecule has 2 atom stereocenters. The van der Waals surface area contributed by atoms with E-state index < -0.39 is 12.0 Å². The molecule has 1 amide bonds. The van der Waals surface area contributed by atoms with Crippen LogP contribution in [0.1, 0.15) is 76.0 Å². The number of carbonyl (C=O) groups is 2. The molecule has 4 rings (SSSR count). The number of hydrogen-bond acceptors (Lipinski definition) is 3. The van der Waals surface area contributed by atoms with Crippen LogP contribution in [-0.4, -0.2) is 33.5 Å². The molecule has 3 aliphatic rings. The Labute approximate surface area is 160 Å². The first-order valence-corrected chi connectivity index (χ1v) is 10.2. The molecule has 146 valence electrons. The lowest BCUT2D eigenvalue weighted by molar-refractivity contribution is -0.152. The van der Waals surface area contributed by atoms with Gasteiger partial charge >= 0.3 is 5.97 Å².